The molecule has 2 heterocycles. The molecule has 1 aromatic heterocycles. The zero-order chi connectivity index (χ0) is 45.1. The van der Waals surface area contributed by atoms with Gasteiger partial charge in [-0.2, -0.15) is 0 Å². The molecule has 3 aromatic rings. The monoisotopic (exact) mass is 844 g/mol. The Hall–Kier alpha value is -5.64. The number of hydrogen-bond donors (Lipinski definition) is 4. The van der Waals surface area contributed by atoms with Gasteiger partial charge in [0.05, 0.1) is 30.1 Å². The number of rotatable bonds is 21. The second-order valence-corrected chi connectivity index (χ2v) is 17.6. The molecule has 5 N–H and O–H groups in total. The number of aromatic nitrogens is 3. The predicted octanol–water partition coefficient (Wildman–Crippen LogP) is 4.52. The van der Waals surface area contributed by atoms with E-state index in [0.717, 1.165) is 33.8 Å². The first-order valence-electron chi connectivity index (χ1n) is 21.2. The first-order chi connectivity index (χ1) is 28.7. The van der Waals surface area contributed by atoms with E-state index in [4.69, 9.17) is 10.5 Å². The molecule has 0 spiro atoms. The molecule has 1 aliphatic heterocycles. The van der Waals surface area contributed by atoms with Crippen molar-refractivity contribution in [1.29, 1.82) is 0 Å². The number of benzene rings is 2. The second kappa shape index (κ2) is 21.2. The minimum absolute atomic E-state index is 0.0627. The van der Waals surface area contributed by atoms with E-state index >= 15 is 0 Å². The first kappa shape index (κ1) is 48.0. The third kappa shape index (κ3) is 13.2. The number of amides is 6. The van der Waals surface area contributed by atoms with Crippen LogP contribution in [0.2, 0.25) is 0 Å². The van der Waals surface area contributed by atoms with E-state index in [1.165, 1.54) is 0 Å². The summed E-state index contributed by atoms with van der Waals surface area (Å²) in [6.45, 7) is 16.2. The molecule has 1 atom stereocenters. The molecular formula is C45H65N9O7. The van der Waals surface area contributed by atoms with Crippen LogP contribution in [0, 0.1) is 11.3 Å². The summed E-state index contributed by atoms with van der Waals surface area (Å²) in [5.74, 6) is -2.18. The molecule has 0 fully saturated rings. The number of carbonyl (C=O) groups excluding carboxylic acids is 6. The van der Waals surface area contributed by atoms with Crippen molar-refractivity contribution < 1.29 is 33.5 Å². The molecule has 1 aliphatic rings. The van der Waals surface area contributed by atoms with Crippen LogP contribution in [-0.2, 0) is 40.0 Å². The van der Waals surface area contributed by atoms with Crippen molar-refractivity contribution in [3.8, 4) is 22.5 Å². The minimum atomic E-state index is -0.827. The number of anilines is 1. The maximum atomic E-state index is 14.0. The fraction of sp³-hybridized carbons (Fsp3) is 0.556. The van der Waals surface area contributed by atoms with Crippen LogP contribution in [-0.4, -0.2) is 100 Å². The Kier molecular flexibility index (Phi) is 16.7. The van der Waals surface area contributed by atoms with Gasteiger partial charge in [0.1, 0.15) is 11.7 Å². The molecule has 16 nitrogen and oxygen atoms in total. The van der Waals surface area contributed by atoms with Gasteiger partial charge in [-0.15, -0.1) is 5.10 Å². The SMILES string of the molecule is CC(C)C(NC(=O)CCCC(=O)N(C)CCC(C)(C)OCCC(C)(C)C(=O)NCCC(=O)N1Cc2ccccc2-c2c(nnn2C(C)C)-c2ccccc21)C(=O)NCC(N)=O. The third-order valence-corrected chi connectivity index (χ3v) is 11.0. The van der Waals surface area contributed by atoms with Crippen molar-refractivity contribution >= 4 is 41.1 Å². The largest absolute Gasteiger partial charge is 0.375 e. The van der Waals surface area contributed by atoms with E-state index in [1.807, 2.05) is 80.9 Å². The Morgan fingerprint density at radius 3 is 2.23 bits per heavy atom. The number of primary amides is 1. The summed E-state index contributed by atoms with van der Waals surface area (Å²) >= 11 is 0. The third-order valence-electron chi connectivity index (χ3n) is 11.0. The van der Waals surface area contributed by atoms with E-state index in [9.17, 15) is 28.8 Å². The van der Waals surface area contributed by atoms with Crippen LogP contribution in [0.3, 0.4) is 0 Å². The highest BCUT2D eigenvalue weighted by Crippen LogP contribution is 2.41. The van der Waals surface area contributed by atoms with Crippen molar-refractivity contribution in [2.24, 2.45) is 17.1 Å². The lowest BCUT2D eigenvalue weighted by atomic mass is 9.88. The van der Waals surface area contributed by atoms with Gasteiger partial charge in [-0.3, -0.25) is 28.8 Å². The highest BCUT2D eigenvalue weighted by atomic mass is 16.5. The summed E-state index contributed by atoms with van der Waals surface area (Å²) in [6, 6.07) is 15.0. The van der Waals surface area contributed by atoms with Crippen LogP contribution in [0.15, 0.2) is 48.5 Å². The molecule has 6 amide bonds. The van der Waals surface area contributed by atoms with Gasteiger partial charge in [-0.1, -0.05) is 75.4 Å². The molecule has 0 saturated heterocycles. The smallest absolute Gasteiger partial charge is 0.243 e. The number of hydrogen-bond acceptors (Lipinski definition) is 9. The van der Waals surface area contributed by atoms with Gasteiger partial charge in [0.15, 0.2) is 0 Å². The van der Waals surface area contributed by atoms with Crippen LogP contribution in [0.25, 0.3) is 22.5 Å². The first-order valence-corrected chi connectivity index (χ1v) is 21.2. The standard InChI is InChI=1S/C45H65N9O7/c1-29(2)39(42(59)48-27-35(46)55)49-36(56)19-14-20-37(57)52(9)25-22-45(7,8)61-26-23-44(5,6)43(60)47-24-21-38(58)53-28-31-15-10-11-16-32(31)41-40(50-51-54(41)30(3)4)33-17-12-13-18-34(33)53/h10-13,15-18,29-30,39H,14,19-28H2,1-9H3,(H2,46,55)(H,47,60)(H,48,59)(H,49,56). The molecule has 2 aromatic carbocycles. The molecule has 0 saturated carbocycles. The quantitative estimate of drug-likeness (QED) is 0.119. The Balaban J connectivity index is 1.22. The number of nitrogens with two attached hydrogens (primary N) is 1. The van der Waals surface area contributed by atoms with Crippen molar-refractivity contribution in [3.05, 3.63) is 54.1 Å². The summed E-state index contributed by atoms with van der Waals surface area (Å²) in [4.78, 5) is 79.5. The van der Waals surface area contributed by atoms with Gasteiger partial charge >= 0.3 is 0 Å². The molecule has 4 rings (SSSR count). The highest BCUT2D eigenvalue weighted by molar-refractivity contribution is 6.00. The Bertz CT molecular complexity index is 2040. The lowest BCUT2D eigenvalue weighted by molar-refractivity contribution is -0.133. The molecule has 16 heteroatoms. The fourth-order valence-electron chi connectivity index (χ4n) is 7.01. The summed E-state index contributed by atoms with van der Waals surface area (Å²) in [5, 5.41) is 17.2. The topological polar surface area (TPSA) is 211 Å². The summed E-state index contributed by atoms with van der Waals surface area (Å²) in [5.41, 5.74) is 8.90. The average molecular weight is 844 g/mol. The highest BCUT2D eigenvalue weighted by Gasteiger charge is 2.32. The maximum absolute atomic E-state index is 14.0. The fourth-order valence-corrected chi connectivity index (χ4v) is 7.01. The number of para-hydroxylation sites is 1. The van der Waals surface area contributed by atoms with Crippen LogP contribution >= 0.6 is 0 Å². The zero-order valence-corrected chi connectivity index (χ0v) is 37.3. The molecule has 61 heavy (non-hydrogen) atoms. The van der Waals surface area contributed by atoms with E-state index in [0.29, 0.717) is 39.0 Å². The van der Waals surface area contributed by atoms with Crippen molar-refractivity contribution in [1.82, 2.24) is 35.8 Å². The second-order valence-electron chi connectivity index (χ2n) is 17.6. The Morgan fingerprint density at radius 1 is 0.885 bits per heavy atom. The molecule has 0 bridgehead atoms. The summed E-state index contributed by atoms with van der Waals surface area (Å²) in [6.07, 6.45) is 1.61. The maximum Gasteiger partial charge on any atom is 0.243 e. The summed E-state index contributed by atoms with van der Waals surface area (Å²) < 4.78 is 8.14. The molecule has 0 radical (unpaired) electrons. The predicted molar refractivity (Wildman–Crippen MR) is 234 cm³/mol. The Labute approximate surface area is 359 Å². The van der Waals surface area contributed by atoms with Gasteiger partial charge in [0.2, 0.25) is 35.4 Å². The van der Waals surface area contributed by atoms with E-state index < -0.39 is 28.9 Å². The van der Waals surface area contributed by atoms with Gasteiger partial charge in [0.25, 0.3) is 0 Å². The van der Waals surface area contributed by atoms with Gasteiger partial charge < -0.3 is 36.2 Å². The van der Waals surface area contributed by atoms with E-state index in [-0.39, 0.29) is 67.9 Å². The van der Waals surface area contributed by atoms with Crippen LogP contribution < -0.4 is 26.6 Å². The van der Waals surface area contributed by atoms with E-state index in [1.54, 1.807) is 30.7 Å². The van der Waals surface area contributed by atoms with Crippen molar-refractivity contribution in [3.63, 3.8) is 0 Å². The van der Waals surface area contributed by atoms with Crippen LogP contribution in [0.1, 0.15) is 106 Å². The normalized spacial score (nSPS) is 13.0. The molecule has 0 aliphatic carbocycles. The van der Waals surface area contributed by atoms with Crippen molar-refractivity contribution in [2.75, 3.05) is 38.2 Å². The number of nitrogens with one attached hydrogen (secondary N) is 3. The van der Waals surface area contributed by atoms with E-state index in [2.05, 4.69) is 40.1 Å². The lowest BCUT2D eigenvalue weighted by Crippen LogP contribution is -2.51. The average Bonchev–Trinajstić information content (AvgIpc) is 3.64. The minimum Gasteiger partial charge on any atom is -0.375 e. The van der Waals surface area contributed by atoms with Gasteiger partial charge in [-0.05, 0) is 64.5 Å². The lowest BCUT2D eigenvalue weighted by Gasteiger charge is -2.31. The molecule has 332 valence electrons. The molecule has 1 unspecified atom stereocenters. The number of fused-ring (bicyclic) bond motifs is 5. The van der Waals surface area contributed by atoms with Gasteiger partial charge in [0, 0.05) is 68.6 Å². The summed E-state index contributed by atoms with van der Waals surface area (Å²) in [7, 11) is 1.70. The number of ether oxygens (including phenoxy) is 1. The van der Waals surface area contributed by atoms with Crippen LogP contribution in [0.4, 0.5) is 5.69 Å². The Morgan fingerprint density at radius 2 is 1.56 bits per heavy atom. The zero-order valence-electron chi connectivity index (χ0n) is 37.3. The molecular weight excluding hydrogens is 779 g/mol. The van der Waals surface area contributed by atoms with Gasteiger partial charge in [-0.25, -0.2) is 4.68 Å². The van der Waals surface area contributed by atoms with Crippen molar-refractivity contribution in [2.45, 2.75) is 118 Å². The van der Waals surface area contributed by atoms with Crippen LogP contribution in [0.5, 0.6) is 0 Å². The number of carbonyl (C=O) groups is 6. The number of nitrogens with zero attached hydrogens (tertiary/aromatic N) is 5.